The fraction of sp³-hybridized carbons (Fsp3) is 0.412. The third-order valence-corrected chi connectivity index (χ3v) is 6.59. The number of hydrogen-bond acceptors (Lipinski definition) is 5. The molecule has 3 rings (SSSR count). The predicted molar refractivity (Wildman–Crippen MR) is 91.7 cm³/mol. The van der Waals surface area contributed by atoms with Crippen LogP contribution in [0.25, 0.3) is 0 Å². The van der Waals surface area contributed by atoms with Gasteiger partial charge in [0.25, 0.3) is 5.69 Å². The van der Waals surface area contributed by atoms with Crippen LogP contribution >= 0.6 is 0 Å². The Balaban J connectivity index is 1.87. The molecule has 1 saturated carbocycles. The summed E-state index contributed by atoms with van der Waals surface area (Å²) in [4.78, 5) is 10.3. The molecule has 0 amide bonds. The minimum Gasteiger partial charge on any atom is -0.464 e. The second-order valence-electron chi connectivity index (χ2n) is 6.56. The van der Waals surface area contributed by atoms with Crippen molar-refractivity contribution >= 4 is 15.7 Å². The van der Waals surface area contributed by atoms with E-state index >= 15 is 0 Å². The van der Waals surface area contributed by atoms with Crippen LogP contribution in [0.4, 0.5) is 5.69 Å². The third kappa shape index (κ3) is 3.32. The Labute approximate surface area is 146 Å². The highest BCUT2D eigenvalue weighted by molar-refractivity contribution is 7.89. The number of sulfonamides is 1. The van der Waals surface area contributed by atoms with E-state index in [0.717, 1.165) is 16.5 Å². The van der Waals surface area contributed by atoms with Crippen LogP contribution in [0, 0.1) is 23.0 Å². The van der Waals surface area contributed by atoms with Crippen LogP contribution in [-0.4, -0.2) is 24.7 Å². The molecule has 1 heterocycles. The molecular formula is C17H20N2O5S. The fourth-order valence-electron chi connectivity index (χ4n) is 2.97. The van der Waals surface area contributed by atoms with E-state index in [1.807, 2.05) is 6.07 Å². The Morgan fingerprint density at radius 1 is 1.32 bits per heavy atom. The van der Waals surface area contributed by atoms with Gasteiger partial charge in [-0.1, -0.05) is 19.1 Å². The van der Waals surface area contributed by atoms with Crippen LogP contribution in [0.15, 0.2) is 39.6 Å². The standard InChI is InChI=1S/C17H20N2O5S/c1-11-5-4-6-15(19(20)21)17(11)25(22,23)18(3)10-13-7-8-16(24-13)14-9-12(14)2/h4-8,12,14H,9-10H2,1-3H3/t12-,14+/m1/s1. The van der Waals surface area contributed by atoms with Gasteiger partial charge in [-0.2, -0.15) is 4.31 Å². The molecule has 2 atom stereocenters. The first kappa shape index (κ1) is 17.6. The summed E-state index contributed by atoms with van der Waals surface area (Å²) in [6.45, 7) is 3.71. The van der Waals surface area contributed by atoms with Gasteiger partial charge < -0.3 is 4.42 Å². The minimum atomic E-state index is -4.02. The van der Waals surface area contributed by atoms with Crippen molar-refractivity contribution in [3.05, 3.63) is 57.5 Å². The number of hydrogen-bond donors (Lipinski definition) is 0. The zero-order valence-electron chi connectivity index (χ0n) is 14.3. The monoisotopic (exact) mass is 364 g/mol. The molecule has 0 aliphatic heterocycles. The average Bonchev–Trinajstić information content (AvgIpc) is 3.08. The summed E-state index contributed by atoms with van der Waals surface area (Å²) in [5.74, 6) is 2.40. The van der Waals surface area contributed by atoms with Crippen LogP contribution in [0.3, 0.4) is 0 Å². The Hall–Kier alpha value is -2.19. The predicted octanol–water partition coefficient (Wildman–Crippen LogP) is 3.44. The van der Waals surface area contributed by atoms with E-state index in [-0.39, 0.29) is 11.4 Å². The number of nitro benzene ring substituents is 1. The Morgan fingerprint density at radius 2 is 2.00 bits per heavy atom. The van der Waals surface area contributed by atoms with Crippen molar-refractivity contribution in [2.45, 2.75) is 37.6 Å². The van der Waals surface area contributed by atoms with Crippen LogP contribution in [0.5, 0.6) is 0 Å². The first-order valence-corrected chi connectivity index (χ1v) is 9.44. The van der Waals surface area contributed by atoms with Crippen molar-refractivity contribution < 1.29 is 17.8 Å². The summed E-state index contributed by atoms with van der Waals surface area (Å²) in [5.41, 5.74) is -0.0771. The zero-order chi connectivity index (χ0) is 18.4. The lowest BCUT2D eigenvalue weighted by Gasteiger charge is -2.17. The van der Waals surface area contributed by atoms with Gasteiger partial charge in [0.1, 0.15) is 11.5 Å². The number of rotatable bonds is 6. The third-order valence-electron chi connectivity index (χ3n) is 4.59. The molecule has 0 unspecified atom stereocenters. The lowest BCUT2D eigenvalue weighted by molar-refractivity contribution is -0.387. The maximum atomic E-state index is 12.9. The number of nitro groups is 1. The minimum absolute atomic E-state index is 0.0227. The lowest BCUT2D eigenvalue weighted by Crippen LogP contribution is -2.27. The molecule has 1 aromatic heterocycles. The van der Waals surface area contributed by atoms with Crippen molar-refractivity contribution in [3.8, 4) is 0 Å². The molecule has 0 N–H and O–H groups in total. The quantitative estimate of drug-likeness (QED) is 0.578. The fourth-order valence-corrected chi connectivity index (χ4v) is 4.46. The molecule has 1 aromatic carbocycles. The molecule has 1 aliphatic carbocycles. The van der Waals surface area contributed by atoms with Gasteiger partial charge >= 0.3 is 0 Å². The van der Waals surface area contributed by atoms with Gasteiger partial charge in [0.2, 0.25) is 10.0 Å². The molecular weight excluding hydrogens is 344 g/mol. The van der Waals surface area contributed by atoms with Crippen LogP contribution < -0.4 is 0 Å². The normalized spacial score (nSPS) is 20.0. The zero-order valence-corrected chi connectivity index (χ0v) is 15.1. The highest BCUT2D eigenvalue weighted by Gasteiger charge is 2.37. The van der Waals surface area contributed by atoms with Crippen molar-refractivity contribution in [1.29, 1.82) is 0 Å². The van der Waals surface area contributed by atoms with E-state index in [1.54, 1.807) is 19.1 Å². The molecule has 134 valence electrons. The summed E-state index contributed by atoms with van der Waals surface area (Å²) in [6.07, 6.45) is 1.08. The van der Waals surface area contributed by atoms with Crippen LogP contribution in [0.1, 0.15) is 36.3 Å². The second-order valence-corrected chi connectivity index (χ2v) is 8.55. The summed E-state index contributed by atoms with van der Waals surface area (Å²) < 4.78 is 32.6. The molecule has 1 aliphatic rings. The SMILES string of the molecule is Cc1cccc([N+](=O)[O-])c1S(=O)(=O)N(C)Cc1ccc([C@H]2C[C@H]2C)o1. The summed E-state index contributed by atoms with van der Waals surface area (Å²) >= 11 is 0. The first-order chi connectivity index (χ1) is 11.7. The number of benzene rings is 1. The molecule has 0 radical (unpaired) electrons. The number of furan rings is 1. The highest BCUT2D eigenvalue weighted by atomic mass is 32.2. The number of nitrogens with zero attached hydrogens (tertiary/aromatic N) is 2. The number of aryl methyl sites for hydroxylation is 1. The van der Waals surface area contributed by atoms with Crippen LogP contribution in [0.2, 0.25) is 0 Å². The van der Waals surface area contributed by atoms with Gasteiger partial charge in [0, 0.05) is 19.0 Å². The molecule has 1 fully saturated rings. The Kier molecular flexibility index (Phi) is 4.42. The molecule has 25 heavy (non-hydrogen) atoms. The topological polar surface area (TPSA) is 93.7 Å². The van der Waals surface area contributed by atoms with Gasteiger partial charge in [-0.3, -0.25) is 10.1 Å². The van der Waals surface area contributed by atoms with Gasteiger partial charge in [-0.25, -0.2) is 8.42 Å². The van der Waals surface area contributed by atoms with Gasteiger partial charge in [0.15, 0.2) is 4.90 Å². The summed E-state index contributed by atoms with van der Waals surface area (Å²) in [6, 6.07) is 7.86. The summed E-state index contributed by atoms with van der Waals surface area (Å²) in [7, 11) is -2.62. The summed E-state index contributed by atoms with van der Waals surface area (Å²) in [5, 5.41) is 11.2. The smallest absolute Gasteiger partial charge is 0.289 e. The van der Waals surface area contributed by atoms with Crippen molar-refractivity contribution in [3.63, 3.8) is 0 Å². The van der Waals surface area contributed by atoms with Crippen molar-refractivity contribution in [1.82, 2.24) is 4.31 Å². The van der Waals surface area contributed by atoms with Gasteiger partial charge in [0.05, 0.1) is 11.5 Å². The van der Waals surface area contributed by atoms with Crippen molar-refractivity contribution in [2.24, 2.45) is 5.92 Å². The molecule has 0 bridgehead atoms. The molecule has 0 spiro atoms. The average molecular weight is 364 g/mol. The Morgan fingerprint density at radius 3 is 2.60 bits per heavy atom. The van der Waals surface area contributed by atoms with E-state index in [9.17, 15) is 18.5 Å². The van der Waals surface area contributed by atoms with E-state index in [2.05, 4.69) is 6.92 Å². The molecule has 2 aromatic rings. The van der Waals surface area contributed by atoms with Crippen LogP contribution in [-0.2, 0) is 16.6 Å². The van der Waals surface area contributed by atoms with Gasteiger partial charge in [-0.15, -0.1) is 0 Å². The molecule has 8 heteroatoms. The molecule has 7 nitrogen and oxygen atoms in total. The first-order valence-electron chi connectivity index (χ1n) is 8.00. The molecule has 0 saturated heterocycles. The Bertz CT molecular complexity index is 919. The second kappa shape index (κ2) is 6.27. The highest BCUT2D eigenvalue weighted by Crippen LogP contribution is 2.47. The van der Waals surface area contributed by atoms with E-state index in [0.29, 0.717) is 23.2 Å². The lowest BCUT2D eigenvalue weighted by atomic mass is 10.2. The van der Waals surface area contributed by atoms with E-state index < -0.39 is 20.6 Å². The maximum Gasteiger partial charge on any atom is 0.289 e. The van der Waals surface area contributed by atoms with E-state index in [1.165, 1.54) is 19.2 Å². The van der Waals surface area contributed by atoms with Gasteiger partial charge in [-0.05, 0) is 37.0 Å². The van der Waals surface area contributed by atoms with E-state index in [4.69, 9.17) is 4.42 Å². The largest absolute Gasteiger partial charge is 0.464 e. The maximum absolute atomic E-state index is 12.9. The van der Waals surface area contributed by atoms with Crippen molar-refractivity contribution in [2.75, 3.05) is 7.05 Å².